The van der Waals surface area contributed by atoms with Crippen molar-refractivity contribution in [2.45, 2.75) is 19.4 Å². The SMILES string of the molecule is CNC(C)Cc1ccc2ccccc2n1. The van der Waals surface area contributed by atoms with E-state index in [1.54, 1.807) is 0 Å². The third-order valence-electron chi connectivity index (χ3n) is 2.66. The van der Waals surface area contributed by atoms with Gasteiger partial charge in [0.2, 0.25) is 0 Å². The van der Waals surface area contributed by atoms with Gasteiger partial charge in [-0.05, 0) is 26.1 Å². The fourth-order valence-corrected chi connectivity index (χ4v) is 1.64. The van der Waals surface area contributed by atoms with Crippen LogP contribution < -0.4 is 5.32 Å². The van der Waals surface area contributed by atoms with Crippen LogP contribution in [0.3, 0.4) is 0 Å². The van der Waals surface area contributed by atoms with E-state index in [1.165, 1.54) is 5.39 Å². The van der Waals surface area contributed by atoms with Gasteiger partial charge in [0.25, 0.3) is 0 Å². The summed E-state index contributed by atoms with van der Waals surface area (Å²) in [5.74, 6) is 0. The van der Waals surface area contributed by atoms with Gasteiger partial charge in [0.15, 0.2) is 0 Å². The molecule has 0 aliphatic rings. The summed E-state index contributed by atoms with van der Waals surface area (Å²) in [5, 5.41) is 4.43. The van der Waals surface area contributed by atoms with Crippen LogP contribution in [0, 0.1) is 0 Å². The van der Waals surface area contributed by atoms with Crippen LogP contribution in [0.1, 0.15) is 12.6 Å². The topological polar surface area (TPSA) is 24.9 Å². The van der Waals surface area contributed by atoms with E-state index in [0.29, 0.717) is 6.04 Å². The lowest BCUT2D eigenvalue weighted by Crippen LogP contribution is -2.23. The van der Waals surface area contributed by atoms with E-state index < -0.39 is 0 Å². The molecule has 0 radical (unpaired) electrons. The molecule has 0 spiro atoms. The van der Waals surface area contributed by atoms with Gasteiger partial charge in [-0.3, -0.25) is 4.98 Å². The number of rotatable bonds is 3. The number of fused-ring (bicyclic) bond motifs is 1. The van der Waals surface area contributed by atoms with Crippen LogP contribution in [0.25, 0.3) is 10.9 Å². The van der Waals surface area contributed by atoms with E-state index in [2.05, 4.69) is 41.5 Å². The highest BCUT2D eigenvalue weighted by Gasteiger charge is 2.02. The highest BCUT2D eigenvalue weighted by atomic mass is 14.9. The molecule has 78 valence electrons. The molecule has 0 saturated carbocycles. The van der Waals surface area contributed by atoms with Gasteiger partial charge >= 0.3 is 0 Å². The number of hydrogen-bond acceptors (Lipinski definition) is 2. The largest absolute Gasteiger partial charge is 0.317 e. The zero-order chi connectivity index (χ0) is 10.7. The molecule has 15 heavy (non-hydrogen) atoms. The van der Waals surface area contributed by atoms with E-state index in [0.717, 1.165) is 17.6 Å². The Morgan fingerprint density at radius 3 is 2.80 bits per heavy atom. The Labute approximate surface area is 90.3 Å². The van der Waals surface area contributed by atoms with Crippen LogP contribution in [-0.4, -0.2) is 18.1 Å². The fourth-order valence-electron chi connectivity index (χ4n) is 1.64. The van der Waals surface area contributed by atoms with Crippen molar-refractivity contribution >= 4 is 10.9 Å². The molecule has 1 aromatic carbocycles. The highest BCUT2D eigenvalue weighted by Crippen LogP contribution is 2.12. The molecule has 1 unspecified atom stereocenters. The summed E-state index contributed by atoms with van der Waals surface area (Å²) in [6.07, 6.45) is 0.974. The molecule has 0 aliphatic heterocycles. The van der Waals surface area contributed by atoms with Crippen LogP contribution in [0.5, 0.6) is 0 Å². The second-order valence-electron chi connectivity index (χ2n) is 3.89. The normalized spacial score (nSPS) is 12.9. The maximum atomic E-state index is 4.62. The number of para-hydroxylation sites is 1. The molecule has 2 nitrogen and oxygen atoms in total. The van der Waals surface area contributed by atoms with E-state index in [-0.39, 0.29) is 0 Å². The lowest BCUT2D eigenvalue weighted by atomic mass is 10.1. The first kappa shape index (κ1) is 10.1. The number of pyridine rings is 1. The summed E-state index contributed by atoms with van der Waals surface area (Å²) in [7, 11) is 1.98. The van der Waals surface area contributed by atoms with Crippen molar-refractivity contribution in [2.24, 2.45) is 0 Å². The van der Waals surface area contributed by atoms with Gasteiger partial charge in [-0.15, -0.1) is 0 Å². The Bertz CT molecular complexity index is 451. The molecule has 1 aromatic heterocycles. The van der Waals surface area contributed by atoms with Gasteiger partial charge in [-0.2, -0.15) is 0 Å². The Morgan fingerprint density at radius 1 is 1.20 bits per heavy atom. The molecular formula is C13H16N2. The van der Waals surface area contributed by atoms with Crippen molar-refractivity contribution in [3.05, 3.63) is 42.1 Å². The van der Waals surface area contributed by atoms with Gasteiger partial charge in [0.1, 0.15) is 0 Å². The molecule has 0 amide bonds. The maximum Gasteiger partial charge on any atom is 0.0705 e. The highest BCUT2D eigenvalue weighted by molar-refractivity contribution is 5.78. The van der Waals surface area contributed by atoms with Crippen LogP contribution >= 0.6 is 0 Å². The second-order valence-corrected chi connectivity index (χ2v) is 3.89. The molecule has 2 heteroatoms. The minimum Gasteiger partial charge on any atom is -0.317 e. The van der Waals surface area contributed by atoms with Gasteiger partial charge < -0.3 is 5.32 Å². The number of aromatic nitrogens is 1. The molecule has 1 heterocycles. The molecule has 0 fully saturated rings. The first-order chi connectivity index (χ1) is 7.29. The Hall–Kier alpha value is -1.41. The number of nitrogens with one attached hydrogen (secondary N) is 1. The van der Waals surface area contributed by atoms with Crippen LogP contribution in [-0.2, 0) is 6.42 Å². The van der Waals surface area contributed by atoms with Gasteiger partial charge in [0, 0.05) is 23.5 Å². The third-order valence-corrected chi connectivity index (χ3v) is 2.66. The zero-order valence-electron chi connectivity index (χ0n) is 9.20. The average molecular weight is 200 g/mol. The summed E-state index contributed by atoms with van der Waals surface area (Å²) in [4.78, 5) is 4.62. The quantitative estimate of drug-likeness (QED) is 0.823. The Balaban J connectivity index is 2.30. The molecule has 0 aliphatic carbocycles. The van der Waals surface area contributed by atoms with Crippen LogP contribution in [0.4, 0.5) is 0 Å². The Morgan fingerprint density at radius 2 is 2.00 bits per heavy atom. The first-order valence-corrected chi connectivity index (χ1v) is 5.31. The third kappa shape index (κ3) is 2.34. The molecule has 2 rings (SSSR count). The van der Waals surface area contributed by atoms with E-state index in [9.17, 15) is 0 Å². The molecule has 1 atom stereocenters. The van der Waals surface area contributed by atoms with E-state index in [1.807, 2.05) is 19.2 Å². The fraction of sp³-hybridized carbons (Fsp3) is 0.308. The molecule has 1 N–H and O–H groups in total. The lowest BCUT2D eigenvalue weighted by molar-refractivity contribution is 0.602. The smallest absolute Gasteiger partial charge is 0.0705 e. The second kappa shape index (κ2) is 4.41. The number of benzene rings is 1. The van der Waals surface area contributed by atoms with Gasteiger partial charge in [-0.25, -0.2) is 0 Å². The molecule has 2 aromatic rings. The van der Waals surface area contributed by atoms with E-state index >= 15 is 0 Å². The van der Waals surface area contributed by atoms with Crippen molar-refractivity contribution in [1.82, 2.24) is 10.3 Å². The average Bonchev–Trinajstić information content (AvgIpc) is 2.29. The number of nitrogens with zero attached hydrogens (tertiary/aromatic N) is 1. The maximum absolute atomic E-state index is 4.62. The van der Waals surface area contributed by atoms with Gasteiger partial charge in [0.05, 0.1) is 5.52 Å². The summed E-state index contributed by atoms with van der Waals surface area (Å²) in [6.45, 7) is 2.16. The van der Waals surface area contributed by atoms with Crippen molar-refractivity contribution < 1.29 is 0 Å². The van der Waals surface area contributed by atoms with Crippen molar-refractivity contribution in [3.8, 4) is 0 Å². The minimum absolute atomic E-state index is 0.471. The van der Waals surface area contributed by atoms with Crippen LogP contribution in [0.2, 0.25) is 0 Å². The first-order valence-electron chi connectivity index (χ1n) is 5.31. The molecular weight excluding hydrogens is 184 g/mol. The monoisotopic (exact) mass is 200 g/mol. The number of likely N-dealkylation sites (N-methyl/N-ethyl adjacent to an activating group) is 1. The summed E-state index contributed by atoms with van der Waals surface area (Å²) in [6, 6.07) is 12.9. The van der Waals surface area contributed by atoms with E-state index in [4.69, 9.17) is 0 Å². The number of hydrogen-bond donors (Lipinski definition) is 1. The molecule has 0 saturated heterocycles. The standard InChI is InChI=1S/C13H16N2/c1-10(14-2)9-12-8-7-11-5-3-4-6-13(11)15-12/h3-8,10,14H,9H2,1-2H3. The Kier molecular flexibility index (Phi) is 2.97. The predicted octanol–water partition coefficient (Wildman–Crippen LogP) is 2.39. The lowest BCUT2D eigenvalue weighted by Gasteiger charge is -2.09. The van der Waals surface area contributed by atoms with Gasteiger partial charge in [-0.1, -0.05) is 24.3 Å². The summed E-state index contributed by atoms with van der Waals surface area (Å²) in [5.41, 5.74) is 2.23. The summed E-state index contributed by atoms with van der Waals surface area (Å²) < 4.78 is 0. The van der Waals surface area contributed by atoms with Crippen molar-refractivity contribution in [2.75, 3.05) is 7.05 Å². The van der Waals surface area contributed by atoms with Crippen molar-refractivity contribution in [3.63, 3.8) is 0 Å². The van der Waals surface area contributed by atoms with Crippen LogP contribution in [0.15, 0.2) is 36.4 Å². The van der Waals surface area contributed by atoms with Crippen molar-refractivity contribution in [1.29, 1.82) is 0 Å². The predicted molar refractivity (Wildman–Crippen MR) is 64.0 cm³/mol. The molecule has 0 bridgehead atoms. The minimum atomic E-state index is 0.471. The zero-order valence-corrected chi connectivity index (χ0v) is 9.20. The summed E-state index contributed by atoms with van der Waals surface area (Å²) >= 11 is 0.